The molecule has 0 amide bonds. The van der Waals surface area contributed by atoms with Gasteiger partial charge < -0.3 is 16.2 Å². The van der Waals surface area contributed by atoms with E-state index in [4.69, 9.17) is 16.2 Å². The second-order valence-electron chi connectivity index (χ2n) is 6.08. The van der Waals surface area contributed by atoms with Crippen LogP contribution in [0.5, 0.6) is 5.88 Å². The van der Waals surface area contributed by atoms with Gasteiger partial charge in [0, 0.05) is 18.2 Å². The van der Waals surface area contributed by atoms with E-state index in [2.05, 4.69) is 9.97 Å². The summed E-state index contributed by atoms with van der Waals surface area (Å²) in [5, 5.41) is 0. The number of halogens is 4. The molecule has 0 aliphatic carbocycles. The quantitative estimate of drug-likeness (QED) is 0.507. The standard InChI is InChI=1S/C19H16F4N4O/c20-15-8-12(1-4-13(15)7-11-2-5-14(24)6-3-11)10-28-17-9-16(19(21,22)23)26-18(25)27-17/h1-6,8-9H,7,10,24H2,(H2,25,26,27). The fourth-order valence-electron chi connectivity index (χ4n) is 2.50. The molecule has 2 aromatic carbocycles. The van der Waals surface area contributed by atoms with Crippen LogP contribution in [0.2, 0.25) is 0 Å². The summed E-state index contributed by atoms with van der Waals surface area (Å²) in [6.07, 6.45) is -4.30. The number of aromatic nitrogens is 2. The fraction of sp³-hybridized carbons (Fsp3) is 0.158. The van der Waals surface area contributed by atoms with E-state index in [0.29, 0.717) is 29.3 Å². The van der Waals surface area contributed by atoms with E-state index in [9.17, 15) is 17.6 Å². The van der Waals surface area contributed by atoms with Gasteiger partial charge in [0.1, 0.15) is 12.4 Å². The minimum atomic E-state index is -4.68. The number of ether oxygens (including phenoxy) is 1. The lowest BCUT2D eigenvalue weighted by Crippen LogP contribution is -2.12. The Morgan fingerprint density at radius 3 is 2.21 bits per heavy atom. The predicted molar refractivity (Wildman–Crippen MR) is 95.8 cm³/mol. The number of hydrogen-bond donors (Lipinski definition) is 2. The van der Waals surface area contributed by atoms with E-state index in [1.165, 1.54) is 6.07 Å². The van der Waals surface area contributed by atoms with Crippen LogP contribution in [0.4, 0.5) is 29.2 Å². The summed E-state index contributed by atoms with van der Waals surface area (Å²) in [5.74, 6) is -1.35. The summed E-state index contributed by atoms with van der Waals surface area (Å²) < 4.78 is 57.8. The zero-order valence-corrected chi connectivity index (χ0v) is 14.5. The van der Waals surface area contributed by atoms with Crippen LogP contribution in [-0.2, 0) is 19.2 Å². The van der Waals surface area contributed by atoms with Crippen molar-refractivity contribution >= 4 is 11.6 Å². The Labute approximate surface area is 158 Å². The molecule has 0 fully saturated rings. The first-order chi connectivity index (χ1) is 13.2. The van der Waals surface area contributed by atoms with Gasteiger partial charge in [-0.15, -0.1) is 0 Å². The van der Waals surface area contributed by atoms with Crippen molar-refractivity contribution in [3.05, 3.63) is 76.7 Å². The Bertz CT molecular complexity index is 975. The third kappa shape index (κ3) is 4.87. The minimum Gasteiger partial charge on any atom is -0.473 e. The molecule has 0 unspecified atom stereocenters. The normalized spacial score (nSPS) is 11.4. The smallest absolute Gasteiger partial charge is 0.433 e. The number of alkyl halides is 3. The monoisotopic (exact) mass is 392 g/mol. The molecule has 146 valence electrons. The highest BCUT2D eigenvalue weighted by atomic mass is 19.4. The molecule has 3 rings (SSSR count). The van der Waals surface area contributed by atoms with Gasteiger partial charge in [0.05, 0.1) is 0 Å². The molecule has 9 heteroatoms. The molecule has 0 aliphatic rings. The molecule has 0 spiro atoms. The van der Waals surface area contributed by atoms with Gasteiger partial charge in [0.15, 0.2) is 5.69 Å². The lowest BCUT2D eigenvalue weighted by Gasteiger charge is -2.11. The zero-order valence-electron chi connectivity index (χ0n) is 14.5. The number of benzene rings is 2. The van der Waals surface area contributed by atoms with Gasteiger partial charge in [0.25, 0.3) is 0 Å². The zero-order chi connectivity index (χ0) is 20.3. The molecule has 0 bridgehead atoms. The van der Waals surface area contributed by atoms with E-state index < -0.39 is 23.6 Å². The van der Waals surface area contributed by atoms with E-state index in [1.807, 2.05) is 12.1 Å². The predicted octanol–water partition coefficient (Wildman–Crippen LogP) is 3.97. The highest BCUT2D eigenvalue weighted by Crippen LogP contribution is 2.30. The van der Waals surface area contributed by atoms with Crippen molar-refractivity contribution < 1.29 is 22.3 Å². The van der Waals surface area contributed by atoms with Gasteiger partial charge in [-0.25, -0.2) is 9.37 Å². The van der Waals surface area contributed by atoms with Gasteiger partial charge in [-0.2, -0.15) is 18.2 Å². The summed E-state index contributed by atoms with van der Waals surface area (Å²) >= 11 is 0. The minimum absolute atomic E-state index is 0.174. The van der Waals surface area contributed by atoms with Gasteiger partial charge in [-0.1, -0.05) is 24.3 Å². The Hall–Kier alpha value is -3.36. The topological polar surface area (TPSA) is 87.0 Å². The maximum atomic E-state index is 14.4. The number of hydrogen-bond acceptors (Lipinski definition) is 5. The summed E-state index contributed by atoms with van der Waals surface area (Å²) in [5.41, 5.74) is 12.1. The Morgan fingerprint density at radius 2 is 1.57 bits per heavy atom. The molecule has 0 saturated heterocycles. The highest BCUT2D eigenvalue weighted by Gasteiger charge is 2.33. The molecule has 1 heterocycles. The number of nitrogens with zero attached hydrogens (tertiary/aromatic N) is 2. The molecule has 3 aromatic rings. The highest BCUT2D eigenvalue weighted by molar-refractivity contribution is 5.41. The summed E-state index contributed by atoms with van der Waals surface area (Å²) in [6.45, 7) is -0.174. The molecular formula is C19H16F4N4O. The first-order valence-corrected chi connectivity index (χ1v) is 8.17. The maximum Gasteiger partial charge on any atom is 0.433 e. The van der Waals surface area contributed by atoms with E-state index in [1.54, 1.807) is 24.3 Å². The average Bonchev–Trinajstić information content (AvgIpc) is 2.62. The number of nitrogen functional groups attached to an aromatic ring is 2. The van der Waals surface area contributed by atoms with Crippen LogP contribution in [-0.4, -0.2) is 9.97 Å². The van der Waals surface area contributed by atoms with Crippen LogP contribution < -0.4 is 16.2 Å². The van der Waals surface area contributed by atoms with Crippen molar-refractivity contribution in [3.63, 3.8) is 0 Å². The molecular weight excluding hydrogens is 376 g/mol. The molecule has 1 aromatic heterocycles. The second kappa shape index (κ2) is 7.71. The number of nitrogens with two attached hydrogens (primary N) is 2. The lowest BCUT2D eigenvalue weighted by molar-refractivity contribution is -0.141. The first kappa shape index (κ1) is 19.4. The Kier molecular flexibility index (Phi) is 5.34. The molecule has 0 atom stereocenters. The van der Waals surface area contributed by atoms with Gasteiger partial charge in [-0.3, -0.25) is 0 Å². The number of rotatable bonds is 5. The second-order valence-corrected chi connectivity index (χ2v) is 6.08. The molecule has 0 radical (unpaired) electrons. The van der Waals surface area contributed by atoms with Gasteiger partial charge in [-0.05, 0) is 34.9 Å². The van der Waals surface area contributed by atoms with Crippen molar-refractivity contribution in [3.8, 4) is 5.88 Å². The van der Waals surface area contributed by atoms with E-state index >= 15 is 0 Å². The summed E-state index contributed by atoms with van der Waals surface area (Å²) in [6, 6.07) is 12.2. The maximum absolute atomic E-state index is 14.4. The Morgan fingerprint density at radius 1 is 0.893 bits per heavy atom. The van der Waals surface area contributed by atoms with Crippen LogP contribution in [0.25, 0.3) is 0 Å². The largest absolute Gasteiger partial charge is 0.473 e. The van der Waals surface area contributed by atoms with Crippen LogP contribution in [0.1, 0.15) is 22.4 Å². The first-order valence-electron chi connectivity index (χ1n) is 8.17. The van der Waals surface area contributed by atoms with E-state index in [-0.39, 0.29) is 12.5 Å². The summed E-state index contributed by atoms with van der Waals surface area (Å²) in [7, 11) is 0. The lowest BCUT2D eigenvalue weighted by atomic mass is 10.0. The van der Waals surface area contributed by atoms with Gasteiger partial charge in [0.2, 0.25) is 11.8 Å². The average molecular weight is 392 g/mol. The van der Waals surface area contributed by atoms with Crippen molar-refractivity contribution in [2.24, 2.45) is 0 Å². The molecule has 4 N–H and O–H groups in total. The SMILES string of the molecule is Nc1ccc(Cc2ccc(COc3cc(C(F)(F)F)nc(N)n3)cc2F)cc1. The van der Waals surface area contributed by atoms with E-state index in [0.717, 1.165) is 5.56 Å². The third-order valence-corrected chi connectivity index (χ3v) is 3.89. The summed E-state index contributed by atoms with van der Waals surface area (Å²) in [4.78, 5) is 6.73. The Balaban J connectivity index is 1.70. The fourth-order valence-corrected chi connectivity index (χ4v) is 2.50. The van der Waals surface area contributed by atoms with Crippen LogP contribution in [0, 0.1) is 5.82 Å². The van der Waals surface area contributed by atoms with Crippen LogP contribution >= 0.6 is 0 Å². The van der Waals surface area contributed by atoms with Crippen LogP contribution in [0.3, 0.4) is 0 Å². The molecule has 28 heavy (non-hydrogen) atoms. The molecule has 0 aliphatic heterocycles. The van der Waals surface area contributed by atoms with Crippen LogP contribution in [0.15, 0.2) is 48.5 Å². The van der Waals surface area contributed by atoms with Crippen molar-refractivity contribution in [2.45, 2.75) is 19.2 Å². The van der Waals surface area contributed by atoms with Crippen molar-refractivity contribution in [1.82, 2.24) is 9.97 Å². The molecule has 0 saturated carbocycles. The third-order valence-electron chi connectivity index (χ3n) is 3.89. The van der Waals surface area contributed by atoms with Crippen molar-refractivity contribution in [2.75, 3.05) is 11.5 Å². The van der Waals surface area contributed by atoms with Gasteiger partial charge >= 0.3 is 6.18 Å². The molecule has 5 nitrogen and oxygen atoms in total. The van der Waals surface area contributed by atoms with Crippen molar-refractivity contribution in [1.29, 1.82) is 0 Å². The number of anilines is 2.